The van der Waals surface area contributed by atoms with Gasteiger partial charge < -0.3 is 14.7 Å². The zero-order valence-corrected chi connectivity index (χ0v) is 12.6. The Morgan fingerprint density at radius 2 is 1.96 bits per heavy atom. The molecule has 1 N–H and O–H groups in total. The molecule has 0 aliphatic rings. The maximum absolute atomic E-state index is 11.9. The second-order valence-corrected chi connectivity index (χ2v) is 4.20. The summed E-state index contributed by atoms with van der Waals surface area (Å²) in [6.07, 6.45) is 1.47. The van der Waals surface area contributed by atoms with Gasteiger partial charge in [-0.2, -0.15) is 0 Å². The van der Waals surface area contributed by atoms with Crippen LogP contribution in [-0.4, -0.2) is 21.1 Å². The van der Waals surface area contributed by atoms with Crippen LogP contribution in [0.2, 0.25) is 0 Å². The van der Waals surface area contributed by atoms with E-state index < -0.39 is 11.1 Å². The molecule has 0 bridgehead atoms. The number of para-hydroxylation sites is 1. The van der Waals surface area contributed by atoms with Crippen LogP contribution < -0.4 is 0 Å². The summed E-state index contributed by atoms with van der Waals surface area (Å²) < 4.78 is 5.06. The maximum Gasteiger partial charge on any atom is 0.342 e. The van der Waals surface area contributed by atoms with E-state index in [-0.39, 0.29) is 36.9 Å². The van der Waals surface area contributed by atoms with E-state index in [1.807, 2.05) is 0 Å². The lowest BCUT2D eigenvalue weighted by Gasteiger charge is -2.09. The number of esters is 1. The molecule has 1 heterocycles. The number of aromatic hydroxyl groups is 1. The minimum atomic E-state index is -0.912. The van der Waals surface area contributed by atoms with E-state index in [9.17, 15) is 20.0 Å². The van der Waals surface area contributed by atoms with Crippen molar-refractivity contribution in [2.24, 2.45) is 0 Å². The van der Waals surface area contributed by atoms with Crippen LogP contribution in [0, 0.1) is 10.1 Å². The predicted molar refractivity (Wildman–Crippen MR) is 80.5 cm³/mol. The molecule has 0 unspecified atom stereocenters. The molecular formula is C14H13ClN2O6. The van der Waals surface area contributed by atoms with Gasteiger partial charge in [-0.3, -0.25) is 4.98 Å². The van der Waals surface area contributed by atoms with E-state index in [4.69, 9.17) is 4.74 Å². The first kappa shape index (κ1) is 18.2. The summed E-state index contributed by atoms with van der Waals surface area (Å²) in [6.45, 7) is -0.477. The first-order chi connectivity index (χ1) is 10.6. The monoisotopic (exact) mass is 340 g/mol. The molecule has 1 aromatic carbocycles. The smallest absolute Gasteiger partial charge is 0.342 e. The SMILES string of the molecule is Cl.O=C(OCc1ncccc1CO[N+](=O)[O-])c1ccccc1O. The summed E-state index contributed by atoms with van der Waals surface area (Å²) in [5.41, 5.74) is 0.805. The van der Waals surface area contributed by atoms with Crippen LogP contribution >= 0.6 is 12.4 Å². The lowest BCUT2D eigenvalue weighted by atomic mass is 10.2. The van der Waals surface area contributed by atoms with Crippen molar-refractivity contribution in [3.8, 4) is 5.75 Å². The van der Waals surface area contributed by atoms with Gasteiger partial charge in [-0.05, 0) is 18.2 Å². The lowest BCUT2D eigenvalue weighted by Crippen LogP contribution is -2.09. The van der Waals surface area contributed by atoms with Crippen LogP contribution in [0.25, 0.3) is 0 Å². The number of aromatic nitrogens is 1. The third-order valence-electron chi connectivity index (χ3n) is 2.77. The Labute approximate surface area is 137 Å². The Bertz CT molecular complexity index is 694. The molecule has 0 aliphatic heterocycles. The third kappa shape index (κ3) is 5.11. The van der Waals surface area contributed by atoms with Crippen LogP contribution in [0.3, 0.4) is 0 Å². The first-order valence-corrected chi connectivity index (χ1v) is 6.23. The van der Waals surface area contributed by atoms with Gasteiger partial charge in [0.2, 0.25) is 0 Å². The van der Waals surface area contributed by atoms with Gasteiger partial charge in [-0.25, -0.2) is 4.79 Å². The number of nitrogens with zero attached hydrogens (tertiary/aromatic N) is 2. The van der Waals surface area contributed by atoms with Crippen LogP contribution in [0.15, 0.2) is 42.6 Å². The fourth-order valence-electron chi connectivity index (χ4n) is 1.71. The van der Waals surface area contributed by atoms with Crippen LogP contribution in [-0.2, 0) is 22.8 Å². The Morgan fingerprint density at radius 3 is 2.65 bits per heavy atom. The number of ether oxygens (including phenoxy) is 1. The summed E-state index contributed by atoms with van der Waals surface area (Å²) in [4.78, 5) is 30.4. The summed E-state index contributed by atoms with van der Waals surface area (Å²) in [5, 5.41) is 18.9. The molecule has 2 aromatic rings. The molecule has 0 saturated carbocycles. The fourth-order valence-corrected chi connectivity index (χ4v) is 1.71. The summed E-state index contributed by atoms with van der Waals surface area (Å²) in [6, 6.07) is 9.14. The van der Waals surface area contributed by atoms with E-state index >= 15 is 0 Å². The molecule has 122 valence electrons. The second kappa shape index (κ2) is 8.54. The number of phenols is 1. The number of carbonyl (C=O) groups excluding carboxylic acids is 1. The largest absolute Gasteiger partial charge is 0.507 e. The standard InChI is InChI=1S/C14H12N2O6.ClH/c17-13-6-2-1-5-11(13)14(18)21-9-12-10(4-3-7-15-12)8-22-16(19)20;/h1-7,17H,8-9H2;1H. The molecule has 0 amide bonds. The van der Waals surface area contributed by atoms with Crippen molar-refractivity contribution in [1.29, 1.82) is 0 Å². The number of benzene rings is 1. The van der Waals surface area contributed by atoms with Crippen LogP contribution in [0.5, 0.6) is 5.75 Å². The van der Waals surface area contributed by atoms with E-state index in [0.29, 0.717) is 11.3 Å². The molecule has 0 atom stereocenters. The Balaban J connectivity index is 0.00000264. The topological polar surface area (TPSA) is 112 Å². The Hall–Kier alpha value is -2.87. The molecule has 1 aromatic heterocycles. The van der Waals surface area contributed by atoms with E-state index in [0.717, 1.165) is 0 Å². The van der Waals surface area contributed by atoms with Gasteiger partial charge >= 0.3 is 5.97 Å². The minimum Gasteiger partial charge on any atom is -0.507 e. The molecule has 8 nitrogen and oxygen atoms in total. The van der Waals surface area contributed by atoms with E-state index in [1.165, 1.54) is 18.3 Å². The van der Waals surface area contributed by atoms with Gasteiger partial charge in [0.05, 0.1) is 5.69 Å². The molecule has 0 fully saturated rings. The van der Waals surface area contributed by atoms with Gasteiger partial charge in [0.15, 0.2) is 0 Å². The van der Waals surface area contributed by atoms with Crippen molar-refractivity contribution >= 4 is 18.4 Å². The fraction of sp³-hybridized carbons (Fsp3) is 0.143. The molecule has 0 saturated heterocycles. The highest BCUT2D eigenvalue weighted by Gasteiger charge is 2.13. The van der Waals surface area contributed by atoms with E-state index in [1.54, 1.807) is 24.3 Å². The van der Waals surface area contributed by atoms with Gasteiger partial charge in [0.25, 0.3) is 5.09 Å². The second-order valence-electron chi connectivity index (χ2n) is 4.20. The van der Waals surface area contributed by atoms with Gasteiger partial charge in [-0.1, -0.05) is 18.2 Å². The molecule has 23 heavy (non-hydrogen) atoms. The maximum atomic E-state index is 11.9. The van der Waals surface area contributed by atoms with Crippen molar-refractivity contribution in [2.75, 3.05) is 0 Å². The zero-order chi connectivity index (χ0) is 15.9. The average molecular weight is 341 g/mol. The Morgan fingerprint density at radius 1 is 1.22 bits per heavy atom. The summed E-state index contributed by atoms with van der Waals surface area (Å²) in [5.74, 6) is -0.907. The first-order valence-electron chi connectivity index (χ1n) is 6.23. The molecule has 0 radical (unpaired) electrons. The highest BCUT2D eigenvalue weighted by Crippen LogP contribution is 2.17. The van der Waals surface area contributed by atoms with Gasteiger partial charge in [-0.15, -0.1) is 22.5 Å². The molecule has 2 rings (SSSR count). The number of carbonyl (C=O) groups is 1. The Kier molecular flexibility index (Phi) is 6.75. The quantitative estimate of drug-likeness (QED) is 0.487. The normalized spacial score (nSPS) is 9.57. The summed E-state index contributed by atoms with van der Waals surface area (Å²) in [7, 11) is 0. The highest BCUT2D eigenvalue weighted by atomic mass is 35.5. The van der Waals surface area contributed by atoms with Gasteiger partial charge in [0.1, 0.15) is 24.5 Å². The molecular weight excluding hydrogens is 328 g/mol. The average Bonchev–Trinajstić information content (AvgIpc) is 2.51. The van der Waals surface area contributed by atoms with Crippen molar-refractivity contribution in [1.82, 2.24) is 4.98 Å². The van der Waals surface area contributed by atoms with Crippen molar-refractivity contribution in [3.05, 3.63) is 69.5 Å². The third-order valence-corrected chi connectivity index (χ3v) is 2.77. The number of halogens is 1. The van der Waals surface area contributed by atoms with Gasteiger partial charge in [0, 0.05) is 11.8 Å². The van der Waals surface area contributed by atoms with E-state index in [2.05, 4.69) is 9.82 Å². The van der Waals surface area contributed by atoms with Crippen LogP contribution in [0.1, 0.15) is 21.6 Å². The molecule has 0 aliphatic carbocycles. The zero-order valence-electron chi connectivity index (χ0n) is 11.7. The number of hydrogen-bond acceptors (Lipinski definition) is 7. The minimum absolute atomic E-state index is 0. The predicted octanol–water partition coefficient (Wildman–Crippen LogP) is 2.27. The highest BCUT2D eigenvalue weighted by molar-refractivity contribution is 5.92. The molecule has 9 heteroatoms. The lowest BCUT2D eigenvalue weighted by molar-refractivity contribution is -0.763. The molecule has 0 spiro atoms. The number of rotatable bonds is 6. The number of pyridine rings is 1. The number of phenolic OH excluding ortho intramolecular Hbond substituents is 1. The number of hydrogen-bond donors (Lipinski definition) is 1. The summed E-state index contributed by atoms with van der Waals surface area (Å²) >= 11 is 0. The van der Waals surface area contributed by atoms with Crippen molar-refractivity contribution in [3.63, 3.8) is 0 Å². The van der Waals surface area contributed by atoms with Crippen molar-refractivity contribution < 1.29 is 24.6 Å². The van der Waals surface area contributed by atoms with Crippen LogP contribution in [0.4, 0.5) is 0 Å². The van der Waals surface area contributed by atoms with Crippen molar-refractivity contribution in [2.45, 2.75) is 13.2 Å².